The van der Waals surface area contributed by atoms with E-state index in [9.17, 15) is 34.6 Å². The number of hydrogen-bond acceptors (Lipinski definition) is 8. The molecule has 0 unspecified atom stereocenters. The molecule has 14 heteroatoms. The minimum absolute atomic E-state index is 0.121. The third kappa shape index (κ3) is 6.09. The van der Waals surface area contributed by atoms with Gasteiger partial charge in [-0.05, 0) is 36.4 Å². The Balaban J connectivity index is 1.89. The normalized spacial score (nSPS) is 10.2. The van der Waals surface area contributed by atoms with Gasteiger partial charge in [0.2, 0.25) is 0 Å². The molecule has 0 aliphatic rings. The lowest BCUT2D eigenvalue weighted by molar-refractivity contribution is -0.392. The number of nitro benzene ring substituents is 2. The van der Waals surface area contributed by atoms with Gasteiger partial charge in [-0.3, -0.25) is 34.6 Å². The van der Waals surface area contributed by atoms with E-state index in [0.29, 0.717) is 0 Å². The molecule has 0 aromatic heterocycles. The highest BCUT2D eigenvalue weighted by Gasteiger charge is 2.29. The number of nitro groups is 2. The summed E-state index contributed by atoms with van der Waals surface area (Å²) >= 11 is 6.05. The lowest BCUT2D eigenvalue weighted by Gasteiger charge is -2.11. The van der Waals surface area contributed by atoms with E-state index < -0.39 is 51.2 Å². The van der Waals surface area contributed by atoms with Crippen LogP contribution in [-0.2, 0) is 4.79 Å². The standard InChI is InChI=1S/C22H16ClN5O8/c23-15-3-1-2-4-16(15)26-20-17(27(33)34)9-13(10-18(20)28(35)36)22(32)25-14-7-5-12(6-8-14)21(31)24-11-19(29)30/h1-10,26H,11H2,(H,24,31)(H,25,32)(H,29,30). The molecule has 0 aliphatic heterocycles. The molecule has 0 atom stereocenters. The molecule has 0 radical (unpaired) electrons. The highest BCUT2D eigenvalue weighted by Crippen LogP contribution is 2.39. The summed E-state index contributed by atoms with van der Waals surface area (Å²) in [6.07, 6.45) is 0. The maximum Gasteiger partial charge on any atom is 0.322 e. The second-order valence-corrected chi connectivity index (χ2v) is 7.52. The van der Waals surface area contributed by atoms with Gasteiger partial charge < -0.3 is 21.1 Å². The van der Waals surface area contributed by atoms with Crippen LogP contribution in [0.2, 0.25) is 5.02 Å². The average Bonchev–Trinajstić information content (AvgIpc) is 2.84. The highest BCUT2D eigenvalue weighted by molar-refractivity contribution is 6.33. The Bertz CT molecular complexity index is 1340. The van der Waals surface area contributed by atoms with E-state index in [-0.39, 0.29) is 27.5 Å². The van der Waals surface area contributed by atoms with Gasteiger partial charge in [0.15, 0.2) is 5.69 Å². The molecule has 13 nitrogen and oxygen atoms in total. The molecule has 0 saturated carbocycles. The van der Waals surface area contributed by atoms with Gasteiger partial charge in [0.25, 0.3) is 11.8 Å². The Morgan fingerprint density at radius 3 is 1.97 bits per heavy atom. The molecule has 4 N–H and O–H groups in total. The largest absolute Gasteiger partial charge is 0.480 e. The number of amides is 2. The Hall–Kier alpha value is -5.04. The zero-order valence-corrected chi connectivity index (χ0v) is 18.8. The van der Waals surface area contributed by atoms with Gasteiger partial charge in [0, 0.05) is 23.4 Å². The SMILES string of the molecule is O=C(O)CNC(=O)c1ccc(NC(=O)c2cc([N+](=O)[O-])c(Nc3ccccc3Cl)c([N+](=O)[O-])c2)cc1. The molecule has 0 saturated heterocycles. The number of carboxylic acids is 1. The number of nitrogens with one attached hydrogen (secondary N) is 3. The third-order valence-corrected chi connectivity index (χ3v) is 5.02. The number of carboxylic acid groups (broad SMARTS) is 1. The molecule has 184 valence electrons. The molecule has 0 bridgehead atoms. The smallest absolute Gasteiger partial charge is 0.322 e. The van der Waals surface area contributed by atoms with E-state index in [1.54, 1.807) is 12.1 Å². The number of nitrogens with zero attached hydrogens (tertiary/aromatic N) is 2. The van der Waals surface area contributed by atoms with Crippen LogP contribution < -0.4 is 16.0 Å². The lowest BCUT2D eigenvalue weighted by Crippen LogP contribution is -2.29. The molecule has 3 rings (SSSR count). The van der Waals surface area contributed by atoms with Crippen LogP contribution in [-0.4, -0.2) is 39.3 Å². The number of benzene rings is 3. The van der Waals surface area contributed by atoms with Crippen LogP contribution in [0.1, 0.15) is 20.7 Å². The fraction of sp³-hybridized carbons (Fsp3) is 0.0455. The summed E-state index contributed by atoms with van der Waals surface area (Å²) in [5.41, 5.74) is -1.77. The molecule has 0 heterocycles. The Morgan fingerprint density at radius 2 is 1.44 bits per heavy atom. The molecule has 2 amide bonds. The van der Waals surface area contributed by atoms with Crippen molar-refractivity contribution >= 4 is 57.8 Å². The summed E-state index contributed by atoms with van der Waals surface area (Å²) in [5.74, 6) is -2.75. The molecule has 3 aromatic rings. The van der Waals surface area contributed by atoms with E-state index in [1.807, 2.05) is 0 Å². The van der Waals surface area contributed by atoms with Crippen molar-refractivity contribution in [1.29, 1.82) is 0 Å². The van der Waals surface area contributed by atoms with Crippen molar-refractivity contribution in [1.82, 2.24) is 5.32 Å². The third-order valence-electron chi connectivity index (χ3n) is 4.69. The summed E-state index contributed by atoms with van der Waals surface area (Å²) in [5, 5.41) is 39.4. The number of rotatable bonds is 9. The number of aliphatic carboxylic acids is 1. The highest BCUT2D eigenvalue weighted by atomic mass is 35.5. The average molecular weight is 514 g/mol. The minimum Gasteiger partial charge on any atom is -0.480 e. The van der Waals surface area contributed by atoms with E-state index >= 15 is 0 Å². The number of anilines is 3. The van der Waals surface area contributed by atoms with Crippen LogP contribution in [0.3, 0.4) is 0 Å². The number of hydrogen-bond donors (Lipinski definition) is 4. The van der Waals surface area contributed by atoms with Crippen molar-refractivity contribution in [3.63, 3.8) is 0 Å². The van der Waals surface area contributed by atoms with Gasteiger partial charge in [-0.1, -0.05) is 23.7 Å². The van der Waals surface area contributed by atoms with E-state index in [1.165, 1.54) is 36.4 Å². The van der Waals surface area contributed by atoms with Crippen molar-refractivity contribution in [2.75, 3.05) is 17.2 Å². The fourth-order valence-electron chi connectivity index (χ4n) is 3.02. The van der Waals surface area contributed by atoms with Crippen LogP contribution in [0.15, 0.2) is 60.7 Å². The van der Waals surface area contributed by atoms with Crippen LogP contribution >= 0.6 is 11.6 Å². The lowest BCUT2D eigenvalue weighted by atomic mass is 10.1. The minimum atomic E-state index is -1.22. The molecule has 0 aliphatic carbocycles. The zero-order valence-electron chi connectivity index (χ0n) is 18.1. The van der Waals surface area contributed by atoms with E-state index in [0.717, 1.165) is 12.1 Å². The van der Waals surface area contributed by atoms with Gasteiger partial charge in [0.05, 0.1) is 26.1 Å². The molecular weight excluding hydrogens is 498 g/mol. The van der Waals surface area contributed by atoms with Gasteiger partial charge in [-0.25, -0.2) is 0 Å². The monoisotopic (exact) mass is 513 g/mol. The van der Waals surface area contributed by atoms with Gasteiger partial charge in [0.1, 0.15) is 6.54 Å². The predicted octanol–water partition coefficient (Wildman–Crippen LogP) is 3.97. The summed E-state index contributed by atoms with van der Waals surface area (Å²) in [6.45, 7) is -0.573. The summed E-state index contributed by atoms with van der Waals surface area (Å²) in [4.78, 5) is 56.9. The maximum absolute atomic E-state index is 12.7. The summed E-state index contributed by atoms with van der Waals surface area (Å²) in [6, 6.07) is 13.2. The number of carbonyl (C=O) groups excluding carboxylic acids is 2. The first kappa shape index (κ1) is 25.6. The topological polar surface area (TPSA) is 194 Å². The fourth-order valence-corrected chi connectivity index (χ4v) is 3.21. The van der Waals surface area contributed by atoms with E-state index in [2.05, 4.69) is 16.0 Å². The number of carbonyl (C=O) groups is 3. The second-order valence-electron chi connectivity index (χ2n) is 7.12. The Morgan fingerprint density at radius 1 is 0.861 bits per heavy atom. The first-order valence-corrected chi connectivity index (χ1v) is 10.3. The molecular formula is C22H16ClN5O8. The summed E-state index contributed by atoms with van der Waals surface area (Å²) in [7, 11) is 0. The zero-order chi connectivity index (χ0) is 26.4. The van der Waals surface area contributed by atoms with Gasteiger partial charge in [-0.15, -0.1) is 0 Å². The van der Waals surface area contributed by atoms with Gasteiger partial charge >= 0.3 is 17.3 Å². The van der Waals surface area contributed by atoms with Crippen molar-refractivity contribution in [2.24, 2.45) is 0 Å². The number of para-hydroxylation sites is 1. The van der Waals surface area contributed by atoms with Crippen LogP contribution in [0.4, 0.5) is 28.4 Å². The first-order chi connectivity index (χ1) is 17.1. The van der Waals surface area contributed by atoms with Crippen molar-refractivity contribution in [2.45, 2.75) is 0 Å². The Kier molecular flexibility index (Phi) is 7.76. The van der Waals surface area contributed by atoms with Crippen LogP contribution in [0.5, 0.6) is 0 Å². The van der Waals surface area contributed by atoms with Crippen molar-refractivity contribution < 1.29 is 29.3 Å². The summed E-state index contributed by atoms with van der Waals surface area (Å²) < 4.78 is 0. The first-order valence-electron chi connectivity index (χ1n) is 9.96. The number of halogens is 1. The van der Waals surface area contributed by atoms with Gasteiger partial charge in [-0.2, -0.15) is 0 Å². The maximum atomic E-state index is 12.7. The van der Waals surface area contributed by atoms with Crippen molar-refractivity contribution in [3.8, 4) is 0 Å². The second kappa shape index (κ2) is 10.9. The van der Waals surface area contributed by atoms with Crippen molar-refractivity contribution in [3.05, 3.63) is 97.0 Å². The molecule has 3 aromatic carbocycles. The molecule has 0 fully saturated rings. The quantitative estimate of drug-likeness (QED) is 0.242. The van der Waals surface area contributed by atoms with Crippen LogP contribution in [0.25, 0.3) is 0 Å². The Labute approximate surface area is 207 Å². The molecule has 36 heavy (non-hydrogen) atoms. The predicted molar refractivity (Wildman–Crippen MR) is 129 cm³/mol. The van der Waals surface area contributed by atoms with Crippen LogP contribution in [0, 0.1) is 20.2 Å². The molecule has 0 spiro atoms. The van der Waals surface area contributed by atoms with E-state index in [4.69, 9.17) is 16.7 Å².